The average molecular weight is 591 g/mol. The molecule has 40 heavy (non-hydrogen) atoms. The predicted molar refractivity (Wildman–Crippen MR) is 142 cm³/mol. The second-order valence-electron chi connectivity index (χ2n) is 8.78. The SMILES string of the molecule is CC(C)C=O.CCNc1ncc(N(C)c2cc(C(F)(F)F)cc(C(F)(F)F)c2)c(-c2ccc(F)cc2Cl)c1C=N. The fraction of sp³-hybridized carbons (Fsp3) is 0.296. The van der Waals surface area contributed by atoms with Crippen molar-refractivity contribution in [1.29, 1.82) is 5.41 Å². The van der Waals surface area contributed by atoms with Gasteiger partial charge in [0, 0.05) is 48.1 Å². The lowest BCUT2D eigenvalue weighted by Gasteiger charge is -2.26. The van der Waals surface area contributed by atoms with Gasteiger partial charge in [0.25, 0.3) is 0 Å². The summed E-state index contributed by atoms with van der Waals surface area (Å²) in [5, 5.41) is 10.8. The number of alkyl halides is 6. The first kappa shape index (κ1) is 32.5. The van der Waals surface area contributed by atoms with Crippen LogP contribution < -0.4 is 10.2 Å². The van der Waals surface area contributed by atoms with E-state index in [-0.39, 0.29) is 45.2 Å². The van der Waals surface area contributed by atoms with Crippen molar-refractivity contribution in [3.8, 4) is 11.1 Å². The maximum atomic E-state index is 13.7. The number of carbonyl (C=O) groups is 1. The lowest BCUT2D eigenvalue weighted by atomic mass is 9.98. The van der Waals surface area contributed by atoms with Crippen LogP contribution in [0.2, 0.25) is 5.02 Å². The summed E-state index contributed by atoms with van der Waals surface area (Å²) in [6, 6.07) is 4.60. The van der Waals surface area contributed by atoms with Gasteiger partial charge < -0.3 is 20.4 Å². The van der Waals surface area contributed by atoms with Crippen LogP contribution in [0.5, 0.6) is 0 Å². The Bertz CT molecular complexity index is 1330. The van der Waals surface area contributed by atoms with Crippen molar-refractivity contribution < 1.29 is 35.5 Å². The van der Waals surface area contributed by atoms with Crippen LogP contribution in [-0.4, -0.2) is 31.1 Å². The van der Waals surface area contributed by atoms with Crippen molar-refractivity contribution in [3.63, 3.8) is 0 Å². The van der Waals surface area contributed by atoms with Gasteiger partial charge in [-0.1, -0.05) is 25.4 Å². The third-order valence-corrected chi connectivity index (χ3v) is 5.69. The Kier molecular flexibility index (Phi) is 10.7. The van der Waals surface area contributed by atoms with E-state index >= 15 is 0 Å². The molecule has 13 heteroatoms. The number of nitrogens with zero attached hydrogens (tertiary/aromatic N) is 2. The number of pyridine rings is 1. The third kappa shape index (κ3) is 7.93. The second-order valence-corrected chi connectivity index (χ2v) is 9.19. The van der Waals surface area contributed by atoms with Gasteiger partial charge in [-0.3, -0.25) is 0 Å². The lowest BCUT2D eigenvalue weighted by molar-refractivity contribution is -0.143. The molecular formula is C27H26ClF7N4O. The number of nitrogens with one attached hydrogen (secondary N) is 2. The molecule has 0 aliphatic heterocycles. The van der Waals surface area contributed by atoms with Gasteiger partial charge in [0.05, 0.1) is 28.0 Å². The zero-order valence-electron chi connectivity index (χ0n) is 21.8. The third-order valence-electron chi connectivity index (χ3n) is 5.38. The van der Waals surface area contributed by atoms with E-state index in [9.17, 15) is 35.5 Å². The Hall–Kier alpha value is -3.67. The van der Waals surface area contributed by atoms with Crippen molar-refractivity contribution in [3.05, 3.63) is 70.1 Å². The summed E-state index contributed by atoms with van der Waals surface area (Å²) in [6.45, 7) is 5.88. The van der Waals surface area contributed by atoms with Gasteiger partial charge in [-0.25, -0.2) is 9.37 Å². The molecule has 0 amide bonds. The molecule has 0 atom stereocenters. The Balaban J connectivity index is 0.00000103. The van der Waals surface area contributed by atoms with Crippen LogP contribution in [0.1, 0.15) is 37.5 Å². The number of rotatable bonds is 7. The van der Waals surface area contributed by atoms with E-state index in [2.05, 4.69) is 10.3 Å². The number of anilines is 3. The van der Waals surface area contributed by atoms with E-state index in [0.29, 0.717) is 18.7 Å². The van der Waals surface area contributed by atoms with Crippen LogP contribution in [0.25, 0.3) is 11.1 Å². The molecule has 0 saturated heterocycles. The molecule has 2 N–H and O–H groups in total. The van der Waals surface area contributed by atoms with Crippen LogP contribution >= 0.6 is 11.6 Å². The van der Waals surface area contributed by atoms with Crippen LogP contribution in [0.3, 0.4) is 0 Å². The van der Waals surface area contributed by atoms with Gasteiger partial charge in [0.2, 0.25) is 0 Å². The molecule has 0 radical (unpaired) electrons. The van der Waals surface area contributed by atoms with Crippen LogP contribution in [0, 0.1) is 17.1 Å². The van der Waals surface area contributed by atoms with Gasteiger partial charge in [-0.15, -0.1) is 0 Å². The highest BCUT2D eigenvalue weighted by atomic mass is 35.5. The largest absolute Gasteiger partial charge is 0.416 e. The number of benzene rings is 2. The van der Waals surface area contributed by atoms with Gasteiger partial charge in [-0.05, 0) is 43.3 Å². The van der Waals surface area contributed by atoms with E-state index in [1.807, 2.05) is 13.8 Å². The zero-order chi connectivity index (χ0) is 30.4. The normalized spacial score (nSPS) is 11.5. The van der Waals surface area contributed by atoms with E-state index in [4.69, 9.17) is 17.0 Å². The smallest absolute Gasteiger partial charge is 0.370 e. The second kappa shape index (κ2) is 13.1. The van der Waals surface area contributed by atoms with Crippen molar-refractivity contribution in [2.24, 2.45) is 5.92 Å². The minimum Gasteiger partial charge on any atom is -0.370 e. The number of hydrogen-bond acceptors (Lipinski definition) is 5. The first-order valence-electron chi connectivity index (χ1n) is 11.8. The van der Waals surface area contributed by atoms with Gasteiger partial charge in [0.1, 0.15) is 17.9 Å². The Morgan fingerprint density at radius 3 is 2.02 bits per heavy atom. The Labute approximate surface area is 231 Å². The first-order valence-corrected chi connectivity index (χ1v) is 12.1. The fourth-order valence-electron chi connectivity index (χ4n) is 3.47. The van der Waals surface area contributed by atoms with Gasteiger partial charge in [-0.2, -0.15) is 26.3 Å². The van der Waals surface area contributed by atoms with Crippen LogP contribution in [0.15, 0.2) is 42.6 Å². The highest BCUT2D eigenvalue weighted by Crippen LogP contribution is 2.44. The molecule has 0 bridgehead atoms. The molecule has 3 aromatic rings. The summed E-state index contributed by atoms with van der Waals surface area (Å²) in [7, 11) is 1.26. The van der Waals surface area contributed by atoms with Crippen molar-refractivity contribution in [2.75, 3.05) is 23.8 Å². The van der Waals surface area contributed by atoms with E-state index in [1.165, 1.54) is 19.3 Å². The number of carbonyl (C=O) groups excluding carboxylic acids is 1. The molecule has 0 unspecified atom stereocenters. The molecule has 0 fully saturated rings. The average Bonchev–Trinajstić information content (AvgIpc) is 2.87. The van der Waals surface area contributed by atoms with Crippen molar-refractivity contribution in [1.82, 2.24) is 4.98 Å². The number of aldehydes is 1. The molecule has 1 heterocycles. The molecule has 216 valence electrons. The molecule has 0 spiro atoms. The molecule has 5 nitrogen and oxygen atoms in total. The molecule has 0 aliphatic rings. The summed E-state index contributed by atoms with van der Waals surface area (Å²) in [5.74, 6) is -0.219. The summed E-state index contributed by atoms with van der Waals surface area (Å²) in [5.41, 5.74) is -2.82. The van der Waals surface area contributed by atoms with Gasteiger partial charge in [0.15, 0.2) is 0 Å². The molecule has 1 aromatic heterocycles. The maximum absolute atomic E-state index is 13.7. The van der Waals surface area contributed by atoms with Crippen molar-refractivity contribution >= 4 is 41.3 Å². The van der Waals surface area contributed by atoms with E-state index in [0.717, 1.165) is 29.5 Å². The molecular weight excluding hydrogens is 565 g/mol. The molecule has 0 saturated carbocycles. The molecule has 3 rings (SSSR count). The fourth-order valence-corrected chi connectivity index (χ4v) is 3.73. The molecule has 0 aliphatic carbocycles. The Morgan fingerprint density at radius 1 is 1.05 bits per heavy atom. The number of hydrogen-bond donors (Lipinski definition) is 2. The number of halogens is 8. The standard InChI is InChI=1S/C23H18ClF7N4.C4H8O/c1-3-33-21-17(10-32)20(16-5-4-14(25)9-18(16)24)19(11-34-21)35(2)15-7-12(22(26,27)28)6-13(8-15)23(29,30)31;1-4(2)3-5/h4-11,32H,3H2,1-2H3,(H,33,34);3-4H,1-2H3. The first-order chi connectivity index (χ1) is 18.5. The topological polar surface area (TPSA) is 69.1 Å². The minimum atomic E-state index is -5.03. The van der Waals surface area contributed by atoms with Crippen LogP contribution in [0.4, 0.5) is 47.9 Å². The highest BCUT2D eigenvalue weighted by Gasteiger charge is 2.37. The predicted octanol–water partition coefficient (Wildman–Crippen LogP) is 8.62. The number of aromatic nitrogens is 1. The van der Waals surface area contributed by atoms with Crippen LogP contribution in [-0.2, 0) is 17.1 Å². The van der Waals surface area contributed by atoms with E-state index < -0.39 is 35.0 Å². The summed E-state index contributed by atoms with van der Waals surface area (Å²) < 4.78 is 94.1. The molecule has 2 aromatic carbocycles. The minimum absolute atomic E-state index is 0.0324. The van der Waals surface area contributed by atoms with Crippen molar-refractivity contribution in [2.45, 2.75) is 33.1 Å². The monoisotopic (exact) mass is 590 g/mol. The zero-order valence-corrected chi connectivity index (χ0v) is 22.6. The Morgan fingerprint density at radius 2 is 1.60 bits per heavy atom. The van der Waals surface area contributed by atoms with Gasteiger partial charge >= 0.3 is 12.4 Å². The summed E-state index contributed by atoms with van der Waals surface area (Å²) in [6.07, 6.45) is -7.00. The quantitative estimate of drug-likeness (QED) is 0.164. The summed E-state index contributed by atoms with van der Waals surface area (Å²) in [4.78, 5) is 14.8. The van der Waals surface area contributed by atoms with E-state index in [1.54, 1.807) is 6.92 Å². The highest BCUT2D eigenvalue weighted by molar-refractivity contribution is 6.33. The summed E-state index contributed by atoms with van der Waals surface area (Å²) >= 11 is 6.24. The lowest BCUT2D eigenvalue weighted by Crippen LogP contribution is -2.17. The maximum Gasteiger partial charge on any atom is 0.416 e.